The third kappa shape index (κ3) is 12.2. The van der Waals surface area contributed by atoms with Gasteiger partial charge in [0.05, 0.1) is 12.1 Å². The van der Waals surface area contributed by atoms with Gasteiger partial charge in [0.1, 0.15) is 18.1 Å². The summed E-state index contributed by atoms with van der Waals surface area (Å²) in [7, 11) is 0. The van der Waals surface area contributed by atoms with Gasteiger partial charge in [-0.1, -0.05) is 34.1 Å². The van der Waals surface area contributed by atoms with Crippen LogP contribution in [-0.4, -0.2) is 89.2 Å². The Morgan fingerprint density at radius 3 is 1.68 bits per heavy atom. The van der Waals surface area contributed by atoms with Crippen molar-refractivity contribution in [1.29, 1.82) is 0 Å². The van der Waals surface area contributed by atoms with Crippen LogP contribution in [0.15, 0.2) is 0 Å². The van der Waals surface area contributed by atoms with Gasteiger partial charge in [-0.2, -0.15) is 0 Å². The molecule has 14 heteroatoms. The normalized spacial score (nSPS) is 16.8. The molecule has 7 atom stereocenters. The lowest BCUT2D eigenvalue weighted by molar-refractivity contribution is -0.145. The predicted molar refractivity (Wildman–Crippen MR) is 141 cm³/mol. The number of carbonyl (C=O) groups is 5. The molecule has 0 bridgehead atoms. The first-order chi connectivity index (χ1) is 17.7. The molecule has 0 aromatic carbocycles. The Kier molecular flexibility index (Phi) is 16.3. The Morgan fingerprint density at radius 2 is 1.24 bits per heavy atom. The molecule has 0 radical (unpaired) electrons. The molecule has 0 saturated heterocycles. The third-order valence-corrected chi connectivity index (χ3v) is 6.08. The van der Waals surface area contributed by atoms with Crippen molar-refractivity contribution in [2.45, 2.75) is 96.6 Å². The highest BCUT2D eigenvalue weighted by Gasteiger charge is 2.34. The minimum Gasteiger partial charge on any atom is -0.480 e. The van der Waals surface area contributed by atoms with Crippen molar-refractivity contribution in [1.82, 2.24) is 21.3 Å². The van der Waals surface area contributed by atoms with E-state index in [2.05, 4.69) is 21.3 Å². The molecule has 0 aliphatic carbocycles. The number of aliphatic hydroxyl groups is 1. The molecular formula is C24H47N7O7. The van der Waals surface area contributed by atoms with E-state index in [4.69, 9.17) is 17.2 Å². The summed E-state index contributed by atoms with van der Waals surface area (Å²) in [5.41, 5.74) is 16.9. The van der Waals surface area contributed by atoms with Gasteiger partial charge in [-0.05, 0) is 51.1 Å². The average Bonchev–Trinajstić information content (AvgIpc) is 2.83. The standard InChI is InChI=1S/C24H47N7O7/c1-6-13(4)18(30-22(35)17(11-12(2)3)29-20(33)15(27)7-9-25)23(36)28-16(8-10-26)21(34)31-19(14(5)32)24(37)38/h12-19,32H,6-11,25-27H2,1-5H3,(H,28,36)(H,29,33)(H,30,35)(H,31,34)(H,37,38)/t13-,14+,15-,16-,17+,18-,19-/m0/s1. The second-order valence-corrected chi connectivity index (χ2v) is 9.95. The van der Waals surface area contributed by atoms with Gasteiger partial charge in [0, 0.05) is 0 Å². The van der Waals surface area contributed by atoms with Crippen LogP contribution in [-0.2, 0) is 24.0 Å². The van der Waals surface area contributed by atoms with Crippen LogP contribution in [0.3, 0.4) is 0 Å². The van der Waals surface area contributed by atoms with Gasteiger partial charge >= 0.3 is 5.97 Å². The Morgan fingerprint density at radius 1 is 0.737 bits per heavy atom. The lowest BCUT2D eigenvalue weighted by Crippen LogP contribution is -2.60. The molecule has 4 amide bonds. The maximum Gasteiger partial charge on any atom is 0.328 e. The largest absolute Gasteiger partial charge is 0.480 e. The summed E-state index contributed by atoms with van der Waals surface area (Å²) in [6.45, 7) is 8.71. The monoisotopic (exact) mass is 545 g/mol. The number of aliphatic hydroxyl groups excluding tert-OH is 1. The number of carboxylic acids is 1. The molecule has 38 heavy (non-hydrogen) atoms. The quantitative estimate of drug-likeness (QED) is 0.0875. The second-order valence-electron chi connectivity index (χ2n) is 9.95. The van der Waals surface area contributed by atoms with Crippen LogP contribution in [0.2, 0.25) is 0 Å². The minimum atomic E-state index is -1.59. The summed E-state index contributed by atoms with van der Waals surface area (Å²) in [5, 5.41) is 28.9. The smallest absolute Gasteiger partial charge is 0.328 e. The molecular weight excluding hydrogens is 498 g/mol. The number of nitrogens with two attached hydrogens (primary N) is 3. The van der Waals surface area contributed by atoms with E-state index in [1.807, 2.05) is 20.8 Å². The fourth-order valence-electron chi connectivity index (χ4n) is 3.59. The van der Waals surface area contributed by atoms with Crippen molar-refractivity contribution >= 4 is 29.6 Å². The van der Waals surface area contributed by atoms with Crippen molar-refractivity contribution in [2.24, 2.45) is 29.0 Å². The highest BCUT2D eigenvalue weighted by molar-refractivity contribution is 5.95. The highest BCUT2D eigenvalue weighted by atomic mass is 16.4. The predicted octanol–water partition coefficient (Wildman–Crippen LogP) is -2.49. The van der Waals surface area contributed by atoms with Crippen LogP contribution in [0.4, 0.5) is 0 Å². The van der Waals surface area contributed by atoms with Gasteiger partial charge in [-0.3, -0.25) is 19.2 Å². The molecule has 14 nitrogen and oxygen atoms in total. The molecule has 0 spiro atoms. The topological polar surface area (TPSA) is 252 Å². The van der Waals surface area contributed by atoms with Gasteiger partial charge in [-0.15, -0.1) is 0 Å². The van der Waals surface area contributed by atoms with Crippen LogP contribution in [0, 0.1) is 11.8 Å². The van der Waals surface area contributed by atoms with Crippen LogP contribution in [0.1, 0.15) is 60.3 Å². The van der Waals surface area contributed by atoms with Gasteiger partial charge in [0.2, 0.25) is 23.6 Å². The van der Waals surface area contributed by atoms with E-state index < -0.39 is 65.9 Å². The van der Waals surface area contributed by atoms with Gasteiger partial charge in [0.15, 0.2) is 6.04 Å². The molecule has 0 aromatic heterocycles. The maximum atomic E-state index is 13.2. The molecule has 0 aliphatic rings. The molecule has 0 aromatic rings. The van der Waals surface area contributed by atoms with Crippen molar-refractivity contribution in [3.63, 3.8) is 0 Å². The SMILES string of the molecule is CC[C@H](C)[C@H](NC(=O)[C@@H](CC(C)C)NC(=O)[C@@H](N)CCN)C(=O)N[C@@H](CCN)C(=O)N[C@H](C(=O)O)[C@@H](C)O. The zero-order valence-corrected chi connectivity index (χ0v) is 23.0. The first-order valence-corrected chi connectivity index (χ1v) is 13.0. The van der Waals surface area contributed by atoms with E-state index in [0.29, 0.717) is 6.42 Å². The fraction of sp³-hybridized carbons (Fsp3) is 0.792. The molecule has 0 aliphatic heterocycles. The maximum absolute atomic E-state index is 13.2. The zero-order valence-electron chi connectivity index (χ0n) is 23.0. The van der Waals surface area contributed by atoms with Gasteiger partial charge in [0.25, 0.3) is 0 Å². The lowest BCUT2D eigenvalue weighted by atomic mass is 9.96. The Labute approximate surface area is 224 Å². The van der Waals surface area contributed by atoms with Crippen molar-refractivity contribution in [3.05, 3.63) is 0 Å². The van der Waals surface area contributed by atoms with E-state index in [9.17, 15) is 34.2 Å². The van der Waals surface area contributed by atoms with E-state index in [1.54, 1.807) is 6.92 Å². The summed E-state index contributed by atoms with van der Waals surface area (Å²) < 4.78 is 0. The van der Waals surface area contributed by atoms with Crippen molar-refractivity contribution in [3.8, 4) is 0 Å². The molecule has 0 saturated carbocycles. The first-order valence-electron chi connectivity index (χ1n) is 13.0. The zero-order chi connectivity index (χ0) is 29.6. The second kappa shape index (κ2) is 17.7. The number of hydrogen-bond acceptors (Lipinski definition) is 9. The number of nitrogens with one attached hydrogen (secondary N) is 4. The Hall–Kier alpha value is -2.81. The van der Waals surface area contributed by atoms with E-state index in [-0.39, 0.29) is 44.2 Å². The number of rotatable bonds is 18. The highest BCUT2D eigenvalue weighted by Crippen LogP contribution is 2.12. The number of carbonyl (C=O) groups excluding carboxylic acids is 4. The van der Waals surface area contributed by atoms with Crippen LogP contribution in [0.25, 0.3) is 0 Å². The third-order valence-electron chi connectivity index (χ3n) is 6.08. The van der Waals surface area contributed by atoms with E-state index in [1.165, 1.54) is 6.92 Å². The van der Waals surface area contributed by atoms with E-state index >= 15 is 0 Å². The molecule has 220 valence electrons. The number of amides is 4. The molecule has 0 rings (SSSR count). The number of carboxylic acid groups (broad SMARTS) is 1. The average molecular weight is 546 g/mol. The van der Waals surface area contributed by atoms with Crippen molar-refractivity contribution in [2.75, 3.05) is 13.1 Å². The molecule has 0 heterocycles. The Balaban J connectivity index is 5.76. The first kappa shape index (κ1) is 35.2. The summed E-state index contributed by atoms with van der Waals surface area (Å²) in [5.74, 6) is -4.43. The summed E-state index contributed by atoms with van der Waals surface area (Å²) >= 11 is 0. The van der Waals surface area contributed by atoms with E-state index in [0.717, 1.165) is 0 Å². The molecule has 0 fully saturated rings. The summed E-state index contributed by atoms with van der Waals surface area (Å²) in [6, 6.07) is -5.72. The lowest BCUT2D eigenvalue weighted by Gasteiger charge is -2.29. The number of aliphatic carboxylic acids is 1. The van der Waals surface area contributed by atoms with Crippen LogP contribution in [0.5, 0.6) is 0 Å². The van der Waals surface area contributed by atoms with Crippen LogP contribution < -0.4 is 38.5 Å². The fourth-order valence-corrected chi connectivity index (χ4v) is 3.59. The molecule has 12 N–H and O–H groups in total. The molecule has 0 unspecified atom stereocenters. The summed E-state index contributed by atoms with van der Waals surface area (Å²) in [6.07, 6.45) is -0.380. The van der Waals surface area contributed by atoms with Gasteiger partial charge in [-0.25, -0.2) is 4.79 Å². The Bertz CT molecular complexity index is 794. The van der Waals surface area contributed by atoms with Gasteiger partial charge < -0.3 is 48.7 Å². The van der Waals surface area contributed by atoms with Crippen molar-refractivity contribution < 1.29 is 34.2 Å². The summed E-state index contributed by atoms with van der Waals surface area (Å²) in [4.78, 5) is 63.0. The van der Waals surface area contributed by atoms with Crippen LogP contribution >= 0.6 is 0 Å². The number of hydrogen-bond donors (Lipinski definition) is 9. The minimum absolute atomic E-state index is 0.00328.